The van der Waals surface area contributed by atoms with Gasteiger partial charge in [-0.15, -0.1) is 0 Å². The molecule has 2 atom stereocenters. The number of hydrogen-bond acceptors (Lipinski definition) is 5. The van der Waals surface area contributed by atoms with Gasteiger partial charge in [0, 0.05) is 6.42 Å². The number of anilines is 2. The average Bonchev–Trinajstić information content (AvgIpc) is 3.23. The molecule has 0 saturated heterocycles. The largest absolute Gasteiger partial charge is 0.462 e. The van der Waals surface area contributed by atoms with E-state index in [1.54, 1.807) is 49.4 Å². The van der Waals surface area contributed by atoms with Gasteiger partial charge in [-0.1, -0.05) is 42.5 Å². The number of aromatic nitrogens is 2. The van der Waals surface area contributed by atoms with Crippen molar-refractivity contribution >= 4 is 23.4 Å². The minimum Gasteiger partial charge on any atom is -0.462 e. The number of rotatable bonds is 5. The predicted molar refractivity (Wildman–Crippen MR) is 115 cm³/mol. The number of fused-ring (bicyclic) bond motifs is 1. The summed E-state index contributed by atoms with van der Waals surface area (Å²) in [5.74, 6) is -1.36. The maximum Gasteiger partial charge on any atom is 0.410 e. The van der Waals surface area contributed by atoms with E-state index in [2.05, 4.69) is 15.7 Å². The lowest BCUT2D eigenvalue weighted by atomic mass is 9.96. The lowest BCUT2D eigenvalue weighted by molar-refractivity contribution is -0.173. The molecule has 4 rings (SSSR count). The summed E-state index contributed by atoms with van der Waals surface area (Å²) in [7, 11) is 0. The van der Waals surface area contributed by atoms with Crippen molar-refractivity contribution < 1.29 is 27.5 Å². The van der Waals surface area contributed by atoms with Crippen LogP contribution in [0.5, 0.6) is 0 Å². The number of para-hydroxylation sites is 1. The molecule has 2 heterocycles. The van der Waals surface area contributed by atoms with Crippen LogP contribution in [0.15, 0.2) is 60.8 Å². The van der Waals surface area contributed by atoms with Crippen LogP contribution in [-0.4, -0.2) is 34.4 Å². The Kier molecular flexibility index (Phi) is 6.08. The molecule has 1 aromatic heterocycles. The number of benzene rings is 2. The molecule has 1 amide bonds. The van der Waals surface area contributed by atoms with Crippen molar-refractivity contribution in [2.45, 2.75) is 31.6 Å². The minimum absolute atomic E-state index is 0.0384. The zero-order chi connectivity index (χ0) is 23.6. The third kappa shape index (κ3) is 4.55. The first-order valence-corrected chi connectivity index (χ1v) is 10.3. The standard InChI is InChI=1S/C23H21F3N4O3/c1-2-33-22(32)15-10-6-7-11-17(15)29-21(31)16-13-27-30-19(23(24,25)26)12-18(28-20(16)30)14-8-4-3-5-9-14/h3-11,13,18-19,28H,2,12H2,1H3,(H,29,31). The van der Waals surface area contributed by atoms with Crippen molar-refractivity contribution in [1.82, 2.24) is 9.78 Å². The highest BCUT2D eigenvalue weighted by atomic mass is 19.4. The van der Waals surface area contributed by atoms with Crippen LogP contribution in [0.3, 0.4) is 0 Å². The molecule has 0 saturated carbocycles. The van der Waals surface area contributed by atoms with Gasteiger partial charge in [0.15, 0.2) is 6.04 Å². The van der Waals surface area contributed by atoms with E-state index in [1.807, 2.05) is 0 Å². The molecule has 3 aromatic rings. The Bertz CT molecular complexity index is 1160. The monoisotopic (exact) mass is 458 g/mol. The fourth-order valence-corrected chi connectivity index (χ4v) is 3.80. The lowest BCUT2D eigenvalue weighted by Crippen LogP contribution is -2.36. The molecule has 0 spiro atoms. The molecule has 0 radical (unpaired) electrons. The zero-order valence-corrected chi connectivity index (χ0v) is 17.6. The third-order valence-corrected chi connectivity index (χ3v) is 5.36. The summed E-state index contributed by atoms with van der Waals surface area (Å²) in [6, 6.07) is 12.4. The number of hydrogen-bond donors (Lipinski definition) is 2. The summed E-state index contributed by atoms with van der Waals surface area (Å²) in [6.07, 6.45) is -3.73. The maximum atomic E-state index is 13.8. The van der Waals surface area contributed by atoms with Crippen molar-refractivity contribution in [2.75, 3.05) is 17.2 Å². The molecule has 1 aliphatic heterocycles. The summed E-state index contributed by atoms with van der Waals surface area (Å²) in [4.78, 5) is 25.2. The van der Waals surface area contributed by atoms with Gasteiger partial charge in [-0.2, -0.15) is 18.3 Å². The van der Waals surface area contributed by atoms with Crippen LogP contribution in [-0.2, 0) is 4.74 Å². The first kappa shape index (κ1) is 22.4. The Morgan fingerprint density at radius 1 is 1.12 bits per heavy atom. The number of nitrogens with zero attached hydrogens (tertiary/aromatic N) is 2. The van der Waals surface area contributed by atoms with Crippen molar-refractivity contribution in [3.63, 3.8) is 0 Å². The molecular weight excluding hydrogens is 437 g/mol. The molecule has 0 bridgehead atoms. The highest BCUT2D eigenvalue weighted by Gasteiger charge is 2.47. The van der Waals surface area contributed by atoms with Crippen LogP contribution < -0.4 is 10.6 Å². The van der Waals surface area contributed by atoms with Gasteiger partial charge in [-0.25, -0.2) is 9.48 Å². The molecule has 172 valence electrons. The number of halogens is 3. The smallest absolute Gasteiger partial charge is 0.410 e. The second-order valence-corrected chi connectivity index (χ2v) is 7.47. The summed E-state index contributed by atoms with van der Waals surface area (Å²) < 4.78 is 47.3. The Balaban J connectivity index is 1.67. The van der Waals surface area contributed by atoms with Crippen LogP contribution in [0.1, 0.15) is 51.7 Å². The van der Waals surface area contributed by atoms with Gasteiger partial charge < -0.3 is 15.4 Å². The number of amides is 1. The van der Waals surface area contributed by atoms with Crippen molar-refractivity contribution in [3.05, 3.63) is 77.5 Å². The Labute approximate surface area is 187 Å². The van der Waals surface area contributed by atoms with Gasteiger partial charge in [-0.3, -0.25) is 4.79 Å². The topological polar surface area (TPSA) is 85.2 Å². The second-order valence-electron chi connectivity index (χ2n) is 7.47. The van der Waals surface area contributed by atoms with Crippen molar-refractivity contribution in [2.24, 2.45) is 0 Å². The molecule has 7 nitrogen and oxygen atoms in total. The predicted octanol–water partition coefficient (Wildman–Crippen LogP) is 4.97. The first-order valence-electron chi connectivity index (χ1n) is 10.3. The van der Waals surface area contributed by atoms with E-state index < -0.39 is 30.1 Å². The number of nitrogens with one attached hydrogen (secondary N) is 2. The van der Waals surface area contributed by atoms with E-state index >= 15 is 0 Å². The van der Waals surface area contributed by atoms with Crippen molar-refractivity contribution in [1.29, 1.82) is 0 Å². The number of carbonyl (C=O) groups excluding carboxylic acids is 2. The summed E-state index contributed by atoms with van der Waals surface area (Å²) in [5, 5.41) is 9.50. The van der Waals surface area contributed by atoms with E-state index in [0.717, 1.165) is 10.9 Å². The van der Waals surface area contributed by atoms with E-state index in [0.29, 0.717) is 5.56 Å². The fraction of sp³-hybridized carbons (Fsp3) is 0.261. The van der Waals surface area contributed by atoms with Crippen LogP contribution in [0.2, 0.25) is 0 Å². The number of alkyl halides is 3. The molecule has 1 aliphatic rings. The molecular formula is C23H21F3N4O3. The fourth-order valence-electron chi connectivity index (χ4n) is 3.80. The first-order chi connectivity index (χ1) is 15.8. The number of carbonyl (C=O) groups is 2. The van der Waals surface area contributed by atoms with Gasteiger partial charge in [0.1, 0.15) is 11.4 Å². The van der Waals surface area contributed by atoms with Gasteiger partial charge >= 0.3 is 12.1 Å². The molecule has 2 N–H and O–H groups in total. The lowest BCUT2D eigenvalue weighted by Gasteiger charge is -2.34. The highest BCUT2D eigenvalue weighted by Crippen LogP contribution is 2.44. The Morgan fingerprint density at radius 3 is 2.52 bits per heavy atom. The van der Waals surface area contributed by atoms with E-state index in [-0.39, 0.29) is 35.7 Å². The zero-order valence-electron chi connectivity index (χ0n) is 17.6. The van der Waals surface area contributed by atoms with Crippen LogP contribution >= 0.6 is 0 Å². The Morgan fingerprint density at radius 2 is 1.82 bits per heavy atom. The normalized spacial score (nSPS) is 17.6. The Hall–Kier alpha value is -3.82. The molecule has 33 heavy (non-hydrogen) atoms. The molecule has 2 unspecified atom stereocenters. The van der Waals surface area contributed by atoms with Gasteiger partial charge in [0.05, 0.1) is 30.1 Å². The van der Waals surface area contributed by atoms with Gasteiger partial charge in [0.2, 0.25) is 0 Å². The second kappa shape index (κ2) is 8.97. The molecule has 10 heteroatoms. The van der Waals surface area contributed by atoms with E-state index in [9.17, 15) is 22.8 Å². The summed E-state index contributed by atoms with van der Waals surface area (Å²) in [5.41, 5.74) is 0.919. The number of ether oxygens (including phenoxy) is 1. The molecule has 0 fully saturated rings. The highest BCUT2D eigenvalue weighted by molar-refractivity contribution is 6.10. The maximum absolute atomic E-state index is 13.8. The third-order valence-electron chi connectivity index (χ3n) is 5.36. The number of esters is 1. The molecule has 2 aromatic carbocycles. The van der Waals surface area contributed by atoms with Gasteiger partial charge in [-0.05, 0) is 24.6 Å². The molecule has 0 aliphatic carbocycles. The van der Waals surface area contributed by atoms with Crippen LogP contribution in [0.25, 0.3) is 0 Å². The van der Waals surface area contributed by atoms with E-state index in [1.165, 1.54) is 12.1 Å². The van der Waals surface area contributed by atoms with E-state index in [4.69, 9.17) is 4.74 Å². The average molecular weight is 458 g/mol. The summed E-state index contributed by atoms with van der Waals surface area (Å²) >= 11 is 0. The van der Waals surface area contributed by atoms with Crippen LogP contribution in [0.4, 0.5) is 24.7 Å². The SMILES string of the molecule is CCOC(=O)c1ccccc1NC(=O)c1cnn2c1NC(c1ccccc1)CC2C(F)(F)F. The van der Waals surface area contributed by atoms with Crippen molar-refractivity contribution in [3.8, 4) is 0 Å². The van der Waals surface area contributed by atoms with Gasteiger partial charge in [0.25, 0.3) is 5.91 Å². The van der Waals surface area contributed by atoms with Crippen LogP contribution in [0, 0.1) is 0 Å². The summed E-state index contributed by atoms with van der Waals surface area (Å²) in [6.45, 7) is 1.81. The quantitative estimate of drug-likeness (QED) is 0.527. The minimum atomic E-state index is -4.56.